The van der Waals surface area contributed by atoms with Gasteiger partial charge in [-0.3, -0.25) is 13.9 Å². The van der Waals surface area contributed by atoms with E-state index < -0.39 is 16.1 Å². The molecular weight excluding hydrogens is 522 g/mol. The Labute approximate surface area is 239 Å². The van der Waals surface area contributed by atoms with E-state index in [1.165, 1.54) is 10.6 Å². The van der Waals surface area contributed by atoms with Crippen LogP contribution in [-0.2, 0) is 32.6 Å². The summed E-state index contributed by atoms with van der Waals surface area (Å²) < 4.78 is 26.8. The Bertz CT molecular complexity index is 1390. The van der Waals surface area contributed by atoms with Crippen LogP contribution in [-0.4, -0.2) is 50.5 Å². The molecule has 2 amide bonds. The Balaban J connectivity index is 1.87. The highest BCUT2D eigenvalue weighted by Gasteiger charge is 2.30. The number of nitrogens with zero attached hydrogens (tertiary/aromatic N) is 2. The summed E-state index contributed by atoms with van der Waals surface area (Å²) in [6, 6.07) is 22.6. The van der Waals surface area contributed by atoms with Crippen molar-refractivity contribution in [2.24, 2.45) is 0 Å². The van der Waals surface area contributed by atoms with Gasteiger partial charge in [-0.15, -0.1) is 0 Å². The first-order valence-electron chi connectivity index (χ1n) is 13.7. The first-order chi connectivity index (χ1) is 19.0. The van der Waals surface area contributed by atoms with Crippen LogP contribution < -0.4 is 9.62 Å². The minimum Gasteiger partial charge on any atom is -0.355 e. The fourth-order valence-electron chi connectivity index (χ4n) is 4.71. The summed E-state index contributed by atoms with van der Waals surface area (Å²) in [6.45, 7) is 8.56. The summed E-state index contributed by atoms with van der Waals surface area (Å²) in [7, 11) is -3.56. The van der Waals surface area contributed by atoms with Crippen molar-refractivity contribution >= 4 is 27.5 Å². The lowest BCUT2D eigenvalue weighted by atomic mass is 10.0. The lowest BCUT2D eigenvalue weighted by molar-refractivity contribution is -0.141. The summed E-state index contributed by atoms with van der Waals surface area (Å²) in [5, 5.41) is 2.90. The molecule has 0 saturated carbocycles. The van der Waals surface area contributed by atoms with E-state index in [1.54, 1.807) is 4.90 Å². The predicted octanol–water partition coefficient (Wildman–Crippen LogP) is 4.93. The number of benzene rings is 3. The highest BCUT2D eigenvalue weighted by Crippen LogP contribution is 2.25. The zero-order valence-electron chi connectivity index (χ0n) is 24.2. The van der Waals surface area contributed by atoms with Crippen LogP contribution in [0.4, 0.5) is 5.69 Å². The summed E-state index contributed by atoms with van der Waals surface area (Å²) in [5.41, 5.74) is 5.42. The fourth-order valence-corrected chi connectivity index (χ4v) is 5.72. The topological polar surface area (TPSA) is 86.8 Å². The number of hydrogen-bond donors (Lipinski definition) is 1. The third-order valence-electron chi connectivity index (χ3n) is 6.88. The largest absolute Gasteiger partial charge is 0.355 e. The van der Waals surface area contributed by atoms with Gasteiger partial charge >= 0.3 is 0 Å². The predicted molar refractivity (Wildman–Crippen MR) is 162 cm³/mol. The molecule has 0 aliphatic rings. The number of nitrogens with one attached hydrogen (secondary N) is 1. The van der Waals surface area contributed by atoms with Crippen LogP contribution in [0, 0.1) is 20.8 Å². The Morgan fingerprint density at radius 2 is 1.52 bits per heavy atom. The molecule has 3 aromatic rings. The standard InChI is InChI=1S/C32H41N3O4S/c1-6-33-32(37)30(22-27-11-8-7-9-12-27)34(23-28-18-15-24(2)16-19-28)31(36)13-10-20-35(40(5,38)39)29-21-25(3)14-17-26(29)4/h7-9,11-12,14-19,21,30H,6,10,13,20,22-23H2,1-5H3,(H,33,37). The Kier molecular flexibility index (Phi) is 10.9. The quantitative estimate of drug-likeness (QED) is 0.319. The van der Waals surface area contributed by atoms with Gasteiger partial charge in [0.1, 0.15) is 6.04 Å². The molecule has 0 fully saturated rings. The van der Waals surface area contributed by atoms with Gasteiger partial charge in [0, 0.05) is 32.5 Å². The van der Waals surface area contributed by atoms with Crippen LogP contribution >= 0.6 is 0 Å². The molecule has 0 heterocycles. The normalized spacial score (nSPS) is 12.0. The van der Waals surface area contributed by atoms with Crippen LogP contribution in [0.2, 0.25) is 0 Å². The van der Waals surface area contributed by atoms with Gasteiger partial charge in [-0.2, -0.15) is 0 Å². The number of sulfonamides is 1. The average Bonchev–Trinajstić information content (AvgIpc) is 2.91. The molecule has 0 bridgehead atoms. The number of carbonyl (C=O) groups excluding carboxylic acids is 2. The zero-order chi connectivity index (χ0) is 29.3. The van der Waals surface area contributed by atoms with Crippen LogP contribution in [0.3, 0.4) is 0 Å². The second kappa shape index (κ2) is 14.1. The van der Waals surface area contributed by atoms with Crippen molar-refractivity contribution < 1.29 is 18.0 Å². The van der Waals surface area contributed by atoms with E-state index >= 15 is 0 Å². The molecule has 3 rings (SSSR count). The van der Waals surface area contributed by atoms with Gasteiger partial charge < -0.3 is 10.2 Å². The van der Waals surface area contributed by atoms with Crippen molar-refractivity contribution in [3.63, 3.8) is 0 Å². The van der Waals surface area contributed by atoms with Crippen molar-refractivity contribution in [1.82, 2.24) is 10.2 Å². The molecule has 1 atom stereocenters. The van der Waals surface area contributed by atoms with Gasteiger partial charge in [0.25, 0.3) is 0 Å². The van der Waals surface area contributed by atoms with Gasteiger partial charge in [0.05, 0.1) is 11.9 Å². The molecule has 0 radical (unpaired) electrons. The number of anilines is 1. The first kappa shape index (κ1) is 30.9. The maximum Gasteiger partial charge on any atom is 0.243 e. The molecule has 7 nitrogen and oxygen atoms in total. The molecule has 1 N–H and O–H groups in total. The lowest BCUT2D eigenvalue weighted by Crippen LogP contribution is -2.50. The zero-order valence-corrected chi connectivity index (χ0v) is 25.0. The highest BCUT2D eigenvalue weighted by molar-refractivity contribution is 7.92. The maximum atomic E-state index is 13.8. The minimum absolute atomic E-state index is 0.105. The maximum absolute atomic E-state index is 13.8. The highest BCUT2D eigenvalue weighted by atomic mass is 32.2. The summed E-state index contributed by atoms with van der Waals surface area (Å²) in [4.78, 5) is 28.8. The lowest BCUT2D eigenvalue weighted by Gasteiger charge is -2.32. The van der Waals surface area contributed by atoms with E-state index in [2.05, 4.69) is 5.32 Å². The van der Waals surface area contributed by atoms with Gasteiger partial charge in [-0.05, 0) is 62.4 Å². The summed E-state index contributed by atoms with van der Waals surface area (Å²) in [6.07, 6.45) is 1.98. The first-order valence-corrected chi connectivity index (χ1v) is 15.6. The van der Waals surface area contributed by atoms with Crippen molar-refractivity contribution in [2.75, 3.05) is 23.7 Å². The fraction of sp³-hybridized carbons (Fsp3) is 0.375. The second-order valence-corrected chi connectivity index (χ2v) is 12.2. The number of amides is 2. The van der Waals surface area contributed by atoms with Crippen LogP contribution in [0.5, 0.6) is 0 Å². The third-order valence-corrected chi connectivity index (χ3v) is 8.06. The van der Waals surface area contributed by atoms with Crippen molar-refractivity contribution in [3.8, 4) is 0 Å². The molecule has 8 heteroatoms. The van der Waals surface area contributed by atoms with E-state index in [1.807, 2.05) is 100 Å². The van der Waals surface area contributed by atoms with Gasteiger partial charge in [0.15, 0.2) is 0 Å². The number of aryl methyl sites for hydroxylation is 3. The van der Waals surface area contributed by atoms with Gasteiger partial charge in [0.2, 0.25) is 21.8 Å². The number of carbonyl (C=O) groups is 2. The number of rotatable bonds is 13. The SMILES string of the molecule is CCNC(=O)C(Cc1ccccc1)N(Cc1ccc(C)cc1)C(=O)CCCN(c1cc(C)ccc1C)S(C)(=O)=O. The van der Waals surface area contributed by atoms with E-state index in [4.69, 9.17) is 0 Å². The summed E-state index contributed by atoms with van der Waals surface area (Å²) >= 11 is 0. The van der Waals surface area contributed by atoms with Gasteiger partial charge in [-0.1, -0.05) is 72.3 Å². The van der Waals surface area contributed by atoms with E-state index in [-0.39, 0.29) is 31.3 Å². The van der Waals surface area contributed by atoms with Crippen molar-refractivity contribution in [1.29, 1.82) is 0 Å². The van der Waals surface area contributed by atoms with Crippen LogP contribution in [0.15, 0.2) is 72.8 Å². The molecule has 0 aliphatic carbocycles. The number of likely N-dealkylation sites (N-methyl/N-ethyl adjacent to an activating group) is 1. The Morgan fingerprint density at radius 1 is 0.875 bits per heavy atom. The molecule has 0 spiro atoms. The summed E-state index contributed by atoms with van der Waals surface area (Å²) in [5.74, 6) is -0.401. The molecular formula is C32H41N3O4S. The molecule has 214 valence electrons. The second-order valence-electron chi connectivity index (χ2n) is 10.3. The third kappa shape index (κ3) is 8.68. The van der Waals surface area contributed by atoms with Crippen LogP contribution in [0.25, 0.3) is 0 Å². The molecule has 1 unspecified atom stereocenters. The molecule has 0 aromatic heterocycles. The van der Waals surface area contributed by atoms with Gasteiger partial charge in [-0.25, -0.2) is 8.42 Å². The van der Waals surface area contributed by atoms with Crippen molar-refractivity contribution in [2.45, 2.75) is 59.5 Å². The Hall–Kier alpha value is -3.65. The smallest absolute Gasteiger partial charge is 0.243 e. The Morgan fingerprint density at radius 3 is 2.15 bits per heavy atom. The molecule has 0 aliphatic heterocycles. The molecule has 40 heavy (non-hydrogen) atoms. The van der Waals surface area contributed by atoms with Crippen LogP contribution in [0.1, 0.15) is 47.6 Å². The average molecular weight is 564 g/mol. The van der Waals surface area contributed by atoms with E-state index in [9.17, 15) is 18.0 Å². The molecule has 0 saturated heterocycles. The van der Waals surface area contributed by atoms with E-state index in [0.717, 1.165) is 27.8 Å². The monoisotopic (exact) mass is 563 g/mol. The van der Waals surface area contributed by atoms with E-state index in [0.29, 0.717) is 25.1 Å². The molecule has 3 aromatic carbocycles. The minimum atomic E-state index is -3.56. The van der Waals surface area contributed by atoms with Crippen molar-refractivity contribution in [3.05, 3.63) is 101 Å². The number of hydrogen-bond acceptors (Lipinski definition) is 4.